The lowest BCUT2D eigenvalue weighted by Gasteiger charge is -2.38. The summed E-state index contributed by atoms with van der Waals surface area (Å²) in [6.45, 7) is 4.31. The van der Waals surface area contributed by atoms with Crippen LogP contribution in [0.3, 0.4) is 0 Å². The molecule has 1 aliphatic rings. The Labute approximate surface area is 163 Å². The number of anilines is 1. The Hall–Kier alpha value is -2.60. The third kappa shape index (κ3) is 3.90. The van der Waals surface area contributed by atoms with Crippen molar-refractivity contribution in [2.45, 2.75) is 38.8 Å². The van der Waals surface area contributed by atoms with E-state index in [9.17, 15) is 9.59 Å². The first-order chi connectivity index (χ1) is 13.0. The number of hydrogen-bond donors (Lipinski definition) is 1. The number of aromatic nitrogens is 1. The maximum atomic E-state index is 13.1. The van der Waals surface area contributed by atoms with Crippen molar-refractivity contribution in [3.8, 4) is 5.75 Å². The number of fused-ring (bicyclic) bond motifs is 1. The van der Waals surface area contributed by atoms with E-state index in [0.29, 0.717) is 23.1 Å². The molecule has 7 heteroatoms. The van der Waals surface area contributed by atoms with Gasteiger partial charge in [0.2, 0.25) is 0 Å². The Kier molecular flexibility index (Phi) is 5.65. The molecule has 27 heavy (non-hydrogen) atoms. The van der Waals surface area contributed by atoms with Crippen LogP contribution in [0.25, 0.3) is 0 Å². The van der Waals surface area contributed by atoms with Gasteiger partial charge in [-0.3, -0.25) is 14.5 Å². The quantitative estimate of drug-likeness (QED) is 0.772. The van der Waals surface area contributed by atoms with Crippen molar-refractivity contribution in [2.75, 3.05) is 11.4 Å². The van der Waals surface area contributed by atoms with Crippen LogP contribution < -0.4 is 15.0 Å². The standard InChI is InChI=1S/C20H22ClN3O3/c1-3-4-12-24-17-16(6-5-11-22-17)27-20(2,19(24)26)18(25)23-13-14-7-9-15(21)10-8-14/h5-11H,3-4,12-13H2,1-2H3,(H,23,25)/t20-/m1/s1. The average molecular weight is 388 g/mol. The van der Waals surface area contributed by atoms with E-state index in [1.54, 1.807) is 35.4 Å². The molecule has 0 unspecified atom stereocenters. The van der Waals surface area contributed by atoms with Gasteiger partial charge in [-0.2, -0.15) is 0 Å². The Bertz CT molecular complexity index is 841. The minimum atomic E-state index is -1.64. The summed E-state index contributed by atoms with van der Waals surface area (Å²) < 4.78 is 5.82. The largest absolute Gasteiger partial charge is 0.464 e. The first-order valence-electron chi connectivity index (χ1n) is 8.94. The number of nitrogens with one attached hydrogen (secondary N) is 1. The number of carbonyl (C=O) groups excluding carboxylic acids is 2. The molecule has 0 radical (unpaired) electrons. The highest BCUT2D eigenvalue weighted by atomic mass is 35.5. The molecule has 6 nitrogen and oxygen atoms in total. The van der Waals surface area contributed by atoms with Crippen molar-refractivity contribution < 1.29 is 14.3 Å². The monoisotopic (exact) mass is 387 g/mol. The number of halogens is 1. The van der Waals surface area contributed by atoms with Gasteiger partial charge in [0.05, 0.1) is 0 Å². The molecule has 0 aliphatic carbocycles. The summed E-state index contributed by atoms with van der Waals surface area (Å²) in [6.07, 6.45) is 3.34. The van der Waals surface area contributed by atoms with Crippen molar-refractivity contribution in [3.63, 3.8) is 0 Å². The summed E-state index contributed by atoms with van der Waals surface area (Å²) in [5, 5.41) is 3.42. The van der Waals surface area contributed by atoms with Crippen LogP contribution in [-0.2, 0) is 16.1 Å². The van der Waals surface area contributed by atoms with E-state index in [1.807, 2.05) is 19.1 Å². The summed E-state index contributed by atoms with van der Waals surface area (Å²) in [4.78, 5) is 31.8. The van der Waals surface area contributed by atoms with E-state index in [4.69, 9.17) is 16.3 Å². The highest BCUT2D eigenvalue weighted by Crippen LogP contribution is 2.36. The summed E-state index contributed by atoms with van der Waals surface area (Å²) in [5.74, 6) is -0.00881. The molecule has 1 aliphatic heterocycles. The number of benzene rings is 1. The Balaban J connectivity index is 1.81. The molecular weight excluding hydrogens is 366 g/mol. The van der Waals surface area contributed by atoms with Crippen molar-refractivity contribution in [1.29, 1.82) is 0 Å². The minimum Gasteiger partial charge on any atom is -0.464 e. The topological polar surface area (TPSA) is 71.5 Å². The predicted octanol–water partition coefficient (Wildman–Crippen LogP) is 3.34. The molecule has 2 heterocycles. The molecule has 2 aromatic rings. The number of amides is 2. The van der Waals surface area contributed by atoms with E-state index in [-0.39, 0.29) is 6.54 Å². The molecule has 0 spiro atoms. The van der Waals surface area contributed by atoms with Gasteiger partial charge in [-0.1, -0.05) is 37.1 Å². The fourth-order valence-electron chi connectivity index (χ4n) is 2.90. The molecule has 1 atom stereocenters. The number of rotatable bonds is 6. The number of nitrogens with zero attached hydrogens (tertiary/aromatic N) is 2. The van der Waals surface area contributed by atoms with Gasteiger partial charge in [-0.05, 0) is 43.2 Å². The number of hydrogen-bond acceptors (Lipinski definition) is 4. The van der Waals surface area contributed by atoms with Crippen LogP contribution in [0.5, 0.6) is 5.75 Å². The van der Waals surface area contributed by atoms with Gasteiger partial charge in [-0.15, -0.1) is 0 Å². The van der Waals surface area contributed by atoms with E-state index in [0.717, 1.165) is 18.4 Å². The highest BCUT2D eigenvalue weighted by molar-refractivity contribution is 6.30. The lowest BCUT2D eigenvalue weighted by Crippen LogP contribution is -2.62. The summed E-state index contributed by atoms with van der Waals surface area (Å²) in [5.41, 5.74) is -0.763. The van der Waals surface area contributed by atoms with E-state index >= 15 is 0 Å². The summed E-state index contributed by atoms with van der Waals surface area (Å²) in [6, 6.07) is 10.6. The number of ether oxygens (including phenoxy) is 1. The minimum absolute atomic E-state index is 0.275. The van der Waals surface area contributed by atoms with Gasteiger partial charge in [0, 0.05) is 24.3 Å². The van der Waals surface area contributed by atoms with Crippen molar-refractivity contribution in [3.05, 3.63) is 53.2 Å². The Morgan fingerprint density at radius 3 is 2.74 bits per heavy atom. The molecule has 1 aromatic heterocycles. The van der Waals surface area contributed by atoms with Crippen LogP contribution in [0.1, 0.15) is 32.3 Å². The van der Waals surface area contributed by atoms with Crippen molar-refractivity contribution >= 4 is 29.2 Å². The van der Waals surface area contributed by atoms with Gasteiger partial charge in [0.1, 0.15) is 0 Å². The van der Waals surface area contributed by atoms with E-state index < -0.39 is 17.4 Å². The van der Waals surface area contributed by atoms with Gasteiger partial charge in [0.25, 0.3) is 17.4 Å². The maximum Gasteiger partial charge on any atom is 0.282 e. The van der Waals surface area contributed by atoms with Crippen LogP contribution in [0.2, 0.25) is 5.02 Å². The van der Waals surface area contributed by atoms with Gasteiger partial charge < -0.3 is 10.1 Å². The zero-order valence-electron chi connectivity index (χ0n) is 15.4. The Morgan fingerprint density at radius 1 is 1.30 bits per heavy atom. The highest BCUT2D eigenvalue weighted by Gasteiger charge is 2.50. The second-order valence-corrected chi connectivity index (χ2v) is 7.02. The lowest BCUT2D eigenvalue weighted by molar-refractivity contribution is -0.148. The summed E-state index contributed by atoms with van der Waals surface area (Å²) >= 11 is 5.88. The van der Waals surface area contributed by atoms with E-state index in [1.165, 1.54) is 6.92 Å². The molecule has 1 N–H and O–H groups in total. The molecule has 0 saturated heterocycles. The number of unbranched alkanes of at least 4 members (excludes halogenated alkanes) is 1. The second-order valence-electron chi connectivity index (χ2n) is 6.58. The normalized spacial score (nSPS) is 18.6. The summed E-state index contributed by atoms with van der Waals surface area (Å²) in [7, 11) is 0. The zero-order chi connectivity index (χ0) is 19.4. The van der Waals surface area contributed by atoms with Crippen LogP contribution in [-0.4, -0.2) is 28.9 Å². The van der Waals surface area contributed by atoms with Crippen LogP contribution in [0.4, 0.5) is 5.82 Å². The van der Waals surface area contributed by atoms with Crippen LogP contribution in [0, 0.1) is 0 Å². The first-order valence-corrected chi connectivity index (χ1v) is 9.32. The zero-order valence-corrected chi connectivity index (χ0v) is 16.1. The van der Waals surface area contributed by atoms with Crippen molar-refractivity contribution in [1.82, 2.24) is 10.3 Å². The smallest absolute Gasteiger partial charge is 0.282 e. The van der Waals surface area contributed by atoms with Gasteiger partial charge in [0.15, 0.2) is 11.6 Å². The number of pyridine rings is 1. The third-order valence-electron chi connectivity index (χ3n) is 4.51. The Morgan fingerprint density at radius 2 is 2.04 bits per heavy atom. The molecular formula is C20H22ClN3O3. The predicted molar refractivity (Wildman–Crippen MR) is 104 cm³/mol. The van der Waals surface area contributed by atoms with Crippen molar-refractivity contribution in [2.24, 2.45) is 0 Å². The second kappa shape index (κ2) is 7.96. The fraction of sp³-hybridized carbons (Fsp3) is 0.350. The maximum absolute atomic E-state index is 13.1. The molecule has 2 amide bonds. The SMILES string of the molecule is CCCCN1C(=O)[C@@](C)(C(=O)NCc2ccc(Cl)cc2)Oc2cccnc21. The van der Waals surface area contributed by atoms with E-state index in [2.05, 4.69) is 10.3 Å². The van der Waals surface area contributed by atoms with Crippen LogP contribution >= 0.6 is 11.6 Å². The molecule has 0 saturated carbocycles. The third-order valence-corrected chi connectivity index (χ3v) is 4.76. The molecule has 0 fully saturated rings. The van der Waals surface area contributed by atoms with Crippen LogP contribution in [0.15, 0.2) is 42.6 Å². The number of carbonyl (C=O) groups is 2. The molecule has 3 rings (SSSR count). The average Bonchev–Trinajstić information content (AvgIpc) is 2.67. The lowest BCUT2D eigenvalue weighted by atomic mass is 10.0. The fourth-order valence-corrected chi connectivity index (χ4v) is 3.03. The van der Waals surface area contributed by atoms with Gasteiger partial charge in [-0.25, -0.2) is 4.98 Å². The molecule has 142 valence electrons. The molecule has 0 bridgehead atoms. The molecule has 1 aromatic carbocycles. The first kappa shape index (κ1) is 19.2. The van der Waals surface area contributed by atoms with Gasteiger partial charge >= 0.3 is 0 Å².